The number of nitrogens with zero attached hydrogens (tertiary/aromatic N) is 1. The highest BCUT2D eigenvalue weighted by Crippen LogP contribution is 2.38. The number of carbonyl (C=O) groups excluding carboxylic acids is 4. The second-order valence-corrected chi connectivity index (χ2v) is 16.0. The molecule has 11 nitrogen and oxygen atoms in total. The van der Waals surface area contributed by atoms with Crippen molar-refractivity contribution in [3.63, 3.8) is 0 Å². The van der Waals surface area contributed by atoms with E-state index in [0.717, 1.165) is 36.8 Å². The van der Waals surface area contributed by atoms with E-state index >= 15 is 0 Å². The highest BCUT2D eigenvalue weighted by molar-refractivity contribution is 6.39. The van der Waals surface area contributed by atoms with E-state index in [1.807, 2.05) is 19.9 Å². The Balaban J connectivity index is 1.72. The third-order valence-corrected chi connectivity index (χ3v) is 11.9. The number of fused-ring (bicyclic) bond motifs is 3. The van der Waals surface area contributed by atoms with Gasteiger partial charge in [-0.15, -0.1) is 6.58 Å². The van der Waals surface area contributed by atoms with Crippen LogP contribution in [0.4, 0.5) is 0 Å². The summed E-state index contributed by atoms with van der Waals surface area (Å²) < 4.78 is 24.0. The van der Waals surface area contributed by atoms with E-state index in [1.54, 1.807) is 13.0 Å². The highest BCUT2D eigenvalue weighted by Gasteiger charge is 2.56. The van der Waals surface area contributed by atoms with Crippen molar-refractivity contribution >= 4 is 23.4 Å². The second kappa shape index (κ2) is 20.3. The molecule has 4 aliphatic rings. The van der Waals surface area contributed by atoms with Crippen molar-refractivity contribution in [2.24, 2.45) is 17.8 Å². The topological polar surface area (TPSA) is 149 Å². The molecule has 3 heterocycles. The van der Waals surface area contributed by atoms with Gasteiger partial charge in [-0.1, -0.05) is 56.4 Å². The first-order chi connectivity index (χ1) is 25.3. The van der Waals surface area contributed by atoms with E-state index in [1.165, 1.54) is 32.0 Å². The van der Waals surface area contributed by atoms with Gasteiger partial charge >= 0.3 is 5.97 Å². The van der Waals surface area contributed by atoms with E-state index in [2.05, 4.69) is 12.7 Å². The predicted octanol–water partition coefficient (Wildman–Crippen LogP) is 5.94. The molecule has 53 heavy (non-hydrogen) atoms. The lowest BCUT2D eigenvalue weighted by molar-refractivity contribution is -0.302. The maximum Gasteiger partial charge on any atom is 0.329 e. The summed E-state index contributed by atoms with van der Waals surface area (Å²) in [6.07, 6.45) is 12.4. The van der Waals surface area contributed by atoms with Gasteiger partial charge in [0.05, 0.1) is 18.3 Å². The average Bonchev–Trinajstić information content (AvgIpc) is 3.41. The van der Waals surface area contributed by atoms with Crippen molar-refractivity contribution < 1.29 is 48.3 Å². The molecule has 9 atom stereocenters. The first-order valence-corrected chi connectivity index (χ1v) is 20.0. The zero-order valence-corrected chi connectivity index (χ0v) is 32.8. The van der Waals surface area contributed by atoms with Crippen LogP contribution in [-0.4, -0.2) is 102 Å². The number of ether oxygens (including phenoxy) is 4. The van der Waals surface area contributed by atoms with Crippen LogP contribution in [0.1, 0.15) is 124 Å². The molecule has 0 radical (unpaired) electrons. The van der Waals surface area contributed by atoms with Crippen LogP contribution in [0.2, 0.25) is 0 Å². The highest BCUT2D eigenvalue weighted by atomic mass is 16.7. The van der Waals surface area contributed by atoms with Gasteiger partial charge in [-0.05, 0) is 89.5 Å². The van der Waals surface area contributed by atoms with Crippen LogP contribution in [0.25, 0.3) is 0 Å². The summed E-state index contributed by atoms with van der Waals surface area (Å²) in [4.78, 5) is 57.1. The Morgan fingerprint density at radius 1 is 0.981 bits per heavy atom. The van der Waals surface area contributed by atoms with Crippen LogP contribution in [0, 0.1) is 17.8 Å². The minimum absolute atomic E-state index is 0.0151. The van der Waals surface area contributed by atoms with Crippen LogP contribution < -0.4 is 0 Å². The molecule has 4 rings (SSSR count). The second-order valence-electron chi connectivity index (χ2n) is 16.0. The van der Waals surface area contributed by atoms with Crippen molar-refractivity contribution in [2.75, 3.05) is 20.8 Å². The summed E-state index contributed by atoms with van der Waals surface area (Å²) in [6.45, 7) is 9.50. The molecule has 0 aromatic heterocycles. The molecule has 0 aromatic carbocycles. The number of Topliss-reactive ketones (excluding diaryl/α,β-unsaturated/α-hetero) is 2. The lowest BCUT2D eigenvalue weighted by Crippen LogP contribution is -2.64. The molecule has 1 amide bonds. The SMILES string of the molecule is C=CCC1/C=C(\C)CCC[C@H](OC)C2OC(O)(C(=O)C(=O)N3CCCC[C@H]3C(=O)O[C@H](/C(C)=C/C3CCCCCC3)C[C@@H](O)CC1=O)C(C)CC2OC. The van der Waals surface area contributed by atoms with E-state index in [4.69, 9.17) is 18.9 Å². The maximum atomic E-state index is 14.1. The zero-order valence-electron chi connectivity index (χ0n) is 32.8. The fourth-order valence-corrected chi connectivity index (χ4v) is 8.68. The minimum atomic E-state index is -2.46. The molecule has 2 bridgehead atoms. The third-order valence-electron chi connectivity index (χ3n) is 11.9. The number of methoxy groups -OCH3 is 2. The molecule has 5 unspecified atom stereocenters. The summed E-state index contributed by atoms with van der Waals surface area (Å²) in [5.41, 5.74) is 1.79. The molecule has 298 valence electrons. The Hall–Kier alpha value is -2.70. The van der Waals surface area contributed by atoms with Gasteiger partial charge in [0.2, 0.25) is 5.79 Å². The Bertz CT molecular complexity index is 1330. The quantitative estimate of drug-likeness (QED) is 0.145. The van der Waals surface area contributed by atoms with Gasteiger partial charge in [0.25, 0.3) is 11.7 Å². The minimum Gasteiger partial charge on any atom is -0.456 e. The van der Waals surface area contributed by atoms with Gasteiger partial charge in [-0.25, -0.2) is 4.79 Å². The van der Waals surface area contributed by atoms with Crippen molar-refractivity contribution in [1.29, 1.82) is 0 Å². The molecule has 2 saturated heterocycles. The normalized spacial score (nSPS) is 36.7. The zero-order chi connectivity index (χ0) is 38.7. The fraction of sp³-hybridized carbons (Fsp3) is 0.762. The van der Waals surface area contributed by atoms with E-state index < -0.39 is 71.8 Å². The van der Waals surface area contributed by atoms with Crippen LogP contribution in [-0.2, 0) is 38.1 Å². The molecule has 1 aliphatic carbocycles. The number of rotatable bonds is 6. The molecule has 3 fully saturated rings. The molecular weight excluding hydrogens is 678 g/mol. The number of hydrogen-bond acceptors (Lipinski definition) is 10. The number of amides is 1. The van der Waals surface area contributed by atoms with Gasteiger partial charge in [0.15, 0.2) is 0 Å². The molecule has 0 spiro atoms. The monoisotopic (exact) mass is 743 g/mol. The van der Waals surface area contributed by atoms with Crippen molar-refractivity contribution in [1.82, 2.24) is 4.90 Å². The predicted molar refractivity (Wildman–Crippen MR) is 201 cm³/mol. The third kappa shape index (κ3) is 11.2. The Kier molecular flexibility index (Phi) is 16.5. The Labute approximate surface area is 316 Å². The van der Waals surface area contributed by atoms with E-state index in [9.17, 15) is 29.4 Å². The van der Waals surface area contributed by atoms with E-state index in [-0.39, 0.29) is 38.0 Å². The van der Waals surface area contributed by atoms with Crippen molar-refractivity contribution in [3.8, 4) is 0 Å². The van der Waals surface area contributed by atoms with Gasteiger partial charge < -0.3 is 34.1 Å². The van der Waals surface area contributed by atoms with E-state index in [0.29, 0.717) is 44.4 Å². The number of esters is 1. The van der Waals surface area contributed by atoms with Crippen LogP contribution in [0.5, 0.6) is 0 Å². The molecule has 2 N–H and O–H groups in total. The molecule has 3 aliphatic heterocycles. The smallest absolute Gasteiger partial charge is 0.329 e. The molecule has 1 saturated carbocycles. The van der Waals surface area contributed by atoms with Crippen LogP contribution in [0.3, 0.4) is 0 Å². The first kappa shape index (κ1) is 43.0. The lowest BCUT2D eigenvalue weighted by atomic mass is 9.83. The summed E-state index contributed by atoms with van der Waals surface area (Å²) >= 11 is 0. The summed E-state index contributed by atoms with van der Waals surface area (Å²) in [7, 11) is 3.07. The van der Waals surface area contributed by atoms with Crippen LogP contribution >= 0.6 is 0 Å². The summed E-state index contributed by atoms with van der Waals surface area (Å²) in [6, 6.07) is -1.07. The molecular formula is C42H65NO10. The number of allylic oxidation sites excluding steroid dienone is 4. The number of piperidine rings is 1. The van der Waals surface area contributed by atoms with Crippen molar-refractivity contribution in [3.05, 3.63) is 36.0 Å². The maximum absolute atomic E-state index is 14.1. The van der Waals surface area contributed by atoms with Crippen molar-refractivity contribution in [2.45, 2.75) is 166 Å². The fourth-order valence-electron chi connectivity index (χ4n) is 8.68. The van der Waals surface area contributed by atoms with Gasteiger partial charge in [0.1, 0.15) is 24.0 Å². The molecule has 11 heteroatoms. The number of hydrogen-bond donors (Lipinski definition) is 2. The summed E-state index contributed by atoms with van der Waals surface area (Å²) in [5.74, 6) is -6.35. The van der Waals surface area contributed by atoms with Gasteiger partial charge in [0, 0.05) is 45.4 Å². The standard InChI is InChI=1S/C42H65NO10/c1-7-15-31-22-27(2)16-14-20-35(50-5)38-37(51-6)24-29(4)42(49,53-38)39(46)40(47)43-21-13-12-19-33(43)41(48)52-36(26-32(44)25-34(31)45)28(3)23-30-17-10-8-9-11-18-30/h7,22-23,29-33,35-38,44,49H,1,8-21,24-26H2,2-6H3/b27-22+,28-23+/t29?,31?,32-,33-,35-,36-,37?,38?,42?/m0/s1. The number of aliphatic hydroxyl groups is 2. The first-order valence-electron chi connectivity index (χ1n) is 20.0. The number of cyclic esters (lactones) is 1. The Morgan fingerprint density at radius 2 is 1.66 bits per heavy atom. The largest absolute Gasteiger partial charge is 0.456 e. The van der Waals surface area contributed by atoms with Crippen LogP contribution in [0.15, 0.2) is 36.0 Å². The number of carbonyl (C=O) groups is 4. The number of ketones is 2. The molecule has 0 aromatic rings. The van der Waals surface area contributed by atoms with Gasteiger partial charge in [-0.2, -0.15) is 0 Å². The summed E-state index contributed by atoms with van der Waals surface area (Å²) in [5, 5.41) is 23.3. The number of aliphatic hydroxyl groups excluding tert-OH is 1. The lowest BCUT2D eigenvalue weighted by Gasteiger charge is -2.46. The van der Waals surface area contributed by atoms with Gasteiger partial charge in [-0.3, -0.25) is 14.4 Å². The Morgan fingerprint density at radius 3 is 2.32 bits per heavy atom. The average molecular weight is 744 g/mol.